The van der Waals surface area contributed by atoms with Gasteiger partial charge in [0.2, 0.25) is 5.91 Å². The molecule has 2 unspecified atom stereocenters. The number of amides is 1. The van der Waals surface area contributed by atoms with Crippen molar-refractivity contribution in [3.8, 4) is 11.5 Å². The van der Waals surface area contributed by atoms with Crippen molar-refractivity contribution >= 4 is 5.91 Å². The summed E-state index contributed by atoms with van der Waals surface area (Å²) in [7, 11) is 3.25. The highest BCUT2D eigenvalue weighted by atomic mass is 16.5. The van der Waals surface area contributed by atoms with Crippen molar-refractivity contribution < 1.29 is 14.3 Å². The van der Waals surface area contributed by atoms with Gasteiger partial charge in [-0.05, 0) is 49.7 Å². The molecule has 3 N–H and O–H groups in total. The number of rotatable bonds is 5. The van der Waals surface area contributed by atoms with Crippen LogP contribution in [-0.2, 0) is 11.3 Å². The van der Waals surface area contributed by atoms with Gasteiger partial charge in [0.15, 0.2) is 0 Å². The van der Waals surface area contributed by atoms with E-state index in [-0.39, 0.29) is 11.8 Å². The maximum Gasteiger partial charge on any atom is 0.223 e. The first-order valence-corrected chi connectivity index (χ1v) is 8.86. The van der Waals surface area contributed by atoms with E-state index in [0.29, 0.717) is 24.4 Å². The molecular weight excluding hydrogens is 304 g/mol. The molecule has 0 spiro atoms. The SMILES string of the molecule is COc1ccc(CNC(=O)C2CC3CCCC(C2)C3N)c(OC)c1. The summed E-state index contributed by atoms with van der Waals surface area (Å²) >= 11 is 0. The second-order valence-electron chi connectivity index (χ2n) is 7.09. The van der Waals surface area contributed by atoms with Crippen LogP contribution in [0.5, 0.6) is 11.5 Å². The molecule has 5 heteroatoms. The lowest BCUT2D eigenvalue weighted by atomic mass is 9.65. The molecular formula is C19H28N2O3. The van der Waals surface area contributed by atoms with E-state index in [2.05, 4.69) is 5.32 Å². The van der Waals surface area contributed by atoms with Gasteiger partial charge in [0.1, 0.15) is 11.5 Å². The molecule has 0 aliphatic heterocycles. The Hall–Kier alpha value is -1.75. The minimum atomic E-state index is 0.101. The third-order valence-electron chi connectivity index (χ3n) is 5.73. The number of hydrogen-bond donors (Lipinski definition) is 2. The van der Waals surface area contributed by atoms with E-state index in [9.17, 15) is 4.79 Å². The number of nitrogens with one attached hydrogen (secondary N) is 1. The quantitative estimate of drug-likeness (QED) is 0.869. The molecule has 2 atom stereocenters. The van der Waals surface area contributed by atoms with E-state index in [1.165, 1.54) is 19.3 Å². The normalized spacial score (nSPS) is 29.0. The number of methoxy groups -OCH3 is 2. The second kappa shape index (κ2) is 7.43. The van der Waals surface area contributed by atoms with E-state index in [1.807, 2.05) is 18.2 Å². The van der Waals surface area contributed by atoms with Crippen LogP contribution in [0.15, 0.2) is 18.2 Å². The van der Waals surface area contributed by atoms with Gasteiger partial charge in [-0.3, -0.25) is 4.79 Å². The highest BCUT2D eigenvalue weighted by molar-refractivity contribution is 5.79. The molecule has 2 aliphatic carbocycles. The molecule has 0 aromatic heterocycles. The number of fused-ring (bicyclic) bond motifs is 2. The highest BCUT2D eigenvalue weighted by Crippen LogP contribution is 2.41. The Morgan fingerprint density at radius 1 is 1.21 bits per heavy atom. The second-order valence-corrected chi connectivity index (χ2v) is 7.09. The van der Waals surface area contributed by atoms with Crippen LogP contribution in [-0.4, -0.2) is 26.2 Å². The van der Waals surface area contributed by atoms with Gasteiger partial charge in [0.05, 0.1) is 14.2 Å². The summed E-state index contributed by atoms with van der Waals surface area (Å²) in [5.41, 5.74) is 7.27. The van der Waals surface area contributed by atoms with Crippen LogP contribution in [0.4, 0.5) is 0 Å². The fourth-order valence-corrected chi connectivity index (χ4v) is 4.33. The molecule has 2 saturated carbocycles. The van der Waals surface area contributed by atoms with Crippen LogP contribution in [0.1, 0.15) is 37.7 Å². The molecule has 1 aromatic rings. The monoisotopic (exact) mass is 332 g/mol. The first-order valence-electron chi connectivity index (χ1n) is 8.86. The number of carbonyl (C=O) groups excluding carboxylic acids is 1. The summed E-state index contributed by atoms with van der Waals surface area (Å²) in [6.07, 6.45) is 5.48. The molecule has 24 heavy (non-hydrogen) atoms. The lowest BCUT2D eigenvalue weighted by Crippen LogP contribution is -2.49. The molecule has 3 rings (SSSR count). The molecule has 2 aliphatic rings. The van der Waals surface area contributed by atoms with Crippen molar-refractivity contribution in [3.05, 3.63) is 23.8 Å². The van der Waals surface area contributed by atoms with Crippen LogP contribution < -0.4 is 20.5 Å². The van der Waals surface area contributed by atoms with Crippen molar-refractivity contribution in [3.63, 3.8) is 0 Å². The summed E-state index contributed by atoms with van der Waals surface area (Å²) < 4.78 is 10.6. The summed E-state index contributed by atoms with van der Waals surface area (Å²) in [6.45, 7) is 0.476. The predicted molar refractivity (Wildman–Crippen MR) is 92.9 cm³/mol. The van der Waals surface area contributed by atoms with Gasteiger partial charge in [-0.2, -0.15) is 0 Å². The first kappa shape index (κ1) is 17.1. The van der Waals surface area contributed by atoms with Gasteiger partial charge >= 0.3 is 0 Å². The highest BCUT2D eigenvalue weighted by Gasteiger charge is 2.40. The molecule has 2 fully saturated rings. The molecule has 1 aromatic carbocycles. The van der Waals surface area contributed by atoms with E-state index in [4.69, 9.17) is 15.2 Å². The Bertz CT molecular complexity index is 576. The van der Waals surface area contributed by atoms with Gasteiger partial charge in [0, 0.05) is 30.1 Å². The van der Waals surface area contributed by atoms with Gasteiger partial charge in [-0.15, -0.1) is 0 Å². The van der Waals surface area contributed by atoms with Gasteiger partial charge in [-0.1, -0.05) is 6.42 Å². The Labute approximate surface area is 143 Å². The maximum atomic E-state index is 12.6. The van der Waals surface area contributed by atoms with Gasteiger partial charge < -0.3 is 20.5 Å². The van der Waals surface area contributed by atoms with Gasteiger partial charge in [0.25, 0.3) is 0 Å². The third kappa shape index (κ3) is 3.51. The summed E-state index contributed by atoms with van der Waals surface area (Å²) in [5.74, 6) is 2.77. The summed E-state index contributed by atoms with van der Waals surface area (Å²) in [4.78, 5) is 12.6. The van der Waals surface area contributed by atoms with Crippen molar-refractivity contribution in [2.24, 2.45) is 23.5 Å². The molecule has 0 saturated heterocycles. The average molecular weight is 332 g/mol. The molecule has 5 nitrogen and oxygen atoms in total. The van der Waals surface area contributed by atoms with Crippen molar-refractivity contribution in [1.82, 2.24) is 5.32 Å². The van der Waals surface area contributed by atoms with Crippen LogP contribution in [0.25, 0.3) is 0 Å². The Balaban J connectivity index is 1.60. The van der Waals surface area contributed by atoms with E-state index in [1.54, 1.807) is 14.2 Å². The van der Waals surface area contributed by atoms with Crippen molar-refractivity contribution in [2.45, 2.75) is 44.7 Å². The fourth-order valence-electron chi connectivity index (χ4n) is 4.33. The Kier molecular flexibility index (Phi) is 5.29. The van der Waals surface area contributed by atoms with Crippen LogP contribution in [0.2, 0.25) is 0 Å². The topological polar surface area (TPSA) is 73.6 Å². The third-order valence-corrected chi connectivity index (χ3v) is 5.73. The van der Waals surface area contributed by atoms with Crippen LogP contribution >= 0.6 is 0 Å². The zero-order valence-corrected chi connectivity index (χ0v) is 14.6. The Morgan fingerprint density at radius 3 is 2.54 bits per heavy atom. The zero-order chi connectivity index (χ0) is 17.1. The molecule has 132 valence electrons. The molecule has 1 amide bonds. The number of nitrogens with two attached hydrogens (primary N) is 1. The predicted octanol–water partition coefficient (Wildman–Crippen LogP) is 2.47. The van der Waals surface area contributed by atoms with Crippen molar-refractivity contribution in [2.75, 3.05) is 14.2 Å². The van der Waals surface area contributed by atoms with E-state index >= 15 is 0 Å². The molecule has 0 heterocycles. The number of benzene rings is 1. The lowest BCUT2D eigenvalue weighted by Gasteiger charge is -2.43. The summed E-state index contributed by atoms with van der Waals surface area (Å²) in [5, 5.41) is 3.08. The standard InChI is InChI=1S/C19H28N2O3/c1-23-16-7-6-14(17(10-16)24-2)11-21-19(22)15-8-12-4-3-5-13(9-15)18(12)20/h6-7,10,12-13,15,18H,3-5,8-9,11,20H2,1-2H3,(H,21,22). The molecule has 2 bridgehead atoms. The number of hydrogen-bond acceptors (Lipinski definition) is 4. The zero-order valence-electron chi connectivity index (χ0n) is 14.6. The largest absolute Gasteiger partial charge is 0.497 e. The minimum absolute atomic E-state index is 0.101. The van der Waals surface area contributed by atoms with E-state index < -0.39 is 0 Å². The van der Waals surface area contributed by atoms with Crippen LogP contribution in [0, 0.1) is 17.8 Å². The fraction of sp³-hybridized carbons (Fsp3) is 0.632. The number of carbonyl (C=O) groups is 1. The average Bonchev–Trinajstić information content (AvgIpc) is 2.59. The number of ether oxygens (including phenoxy) is 2. The first-order chi connectivity index (χ1) is 11.6. The Morgan fingerprint density at radius 2 is 1.92 bits per heavy atom. The maximum absolute atomic E-state index is 12.6. The van der Waals surface area contributed by atoms with Gasteiger partial charge in [-0.25, -0.2) is 0 Å². The van der Waals surface area contributed by atoms with Crippen LogP contribution in [0.3, 0.4) is 0 Å². The lowest BCUT2D eigenvalue weighted by molar-refractivity contribution is -0.128. The minimum Gasteiger partial charge on any atom is -0.497 e. The molecule has 0 radical (unpaired) electrons. The smallest absolute Gasteiger partial charge is 0.223 e. The summed E-state index contributed by atoms with van der Waals surface area (Å²) in [6, 6.07) is 5.95. The van der Waals surface area contributed by atoms with E-state index in [0.717, 1.165) is 29.9 Å². The van der Waals surface area contributed by atoms with Crippen molar-refractivity contribution in [1.29, 1.82) is 0 Å².